The Balaban J connectivity index is 2.33. The Morgan fingerprint density at radius 2 is 1.96 bits per heavy atom. The topological polar surface area (TPSA) is 50.4 Å². The molecule has 1 unspecified atom stereocenters. The number of hydrogen-bond acceptors (Lipinski definition) is 4. The predicted molar refractivity (Wildman–Crippen MR) is 103 cm³/mol. The first kappa shape index (κ1) is 21.0. The average molecular weight is 353 g/mol. The molecule has 4 nitrogen and oxygen atoms in total. The summed E-state index contributed by atoms with van der Waals surface area (Å²) in [5.41, 5.74) is 1.28. The van der Waals surface area contributed by atoms with Crippen molar-refractivity contribution in [3.05, 3.63) is 35.9 Å². The van der Waals surface area contributed by atoms with Crippen molar-refractivity contribution in [1.29, 1.82) is 0 Å². The lowest BCUT2D eigenvalue weighted by atomic mass is 10.2. The Hall–Kier alpha value is -1.04. The molecule has 1 aromatic rings. The number of carbonyl (C=O) groups is 1. The highest BCUT2D eigenvalue weighted by Crippen LogP contribution is 2.13. The van der Waals surface area contributed by atoms with Crippen LogP contribution in [0.2, 0.25) is 0 Å². The maximum atomic E-state index is 12.4. The molecule has 5 heteroatoms. The minimum Gasteiger partial charge on any atom is -0.367 e. The summed E-state index contributed by atoms with van der Waals surface area (Å²) in [4.78, 5) is 12.4. The molecule has 0 saturated heterocycles. The molecule has 0 bridgehead atoms. The molecule has 1 rings (SSSR count). The van der Waals surface area contributed by atoms with Crippen molar-refractivity contribution in [3.63, 3.8) is 0 Å². The number of benzene rings is 1. The van der Waals surface area contributed by atoms with Crippen LogP contribution in [0.5, 0.6) is 0 Å². The van der Waals surface area contributed by atoms with Crippen molar-refractivity contribution in [2.24, 2.45) is 0 Å². The molecule has 0 aliphatic carbocycles. The normalized spacial score (nSPS) is 12.1. The second-order valence-corrected chi connectivity index (χ2v) is 6.78. The fraction of sp³-hybridized carbons (Fsp3) is 0.632. The van der Waals surface area contributed by atoms with Gasteiger partial charge in [0.05, 0.1) is 12.8 Å². The Morgan fingerprint density at radius 3 is 2.67 bits per heavy atom. The number of rotatable bonds is 14. The van der Waals surface area contributed by atoms with Crippen molar-refractivity contribution in [1.82, 2.24) is 10.6 Å². The van der Waals surface area contributed by atoms with Gasteiger partial charge in [0, 0.05) is 24.7 Å². The summed E-state index contributed by atoms with van der Waals surface area (Å²) in [5, 5.41) is 6.25. The van der Waals surface area contributed by atoms with E-state index in [1.54, 1.807) is 11.8 Å². The van der Waals surface area contributed by atoms with E-state index in [1.165, 1.54) is 24.8 Å². The van der Waals surface area contributed by atoms with E-state index in [1.807, 2.05) is 25.1 Å². The molecule has 2 N–H and O–H groups in total. The van der Waals surface area contributed by atoms with Crippen molar-refractivity contribution in [2.45, 2.75) is 51.3 Å². The van der Waals surface area contributed by atoms with E-state index in [-0.39, 0.29) is 11.9 Å². The van der Waals surface area contributed by atoms with E-state index in [2.05, 4.69) is 29.7 Å². The molecule has 0 fully saturated rings. The Bertz CT molecular complexity index is 429. The highest BCUT2D eigenvalue weighted by atomic mass is 32.2. The van der Waals surface area contributed by atoms with E-state index in [4.69, 9.17) is 4.74 Å². The highest BCUT2D eigenvalue weighted by Gasteiger charge is 2.17. The van der Waals surface area contributed by atoms with Gasteiger partial charge in [0.25, 0.3) is 0 Å². The summed E-state index contributed by atoms with van der Waals surface area (Å²) in [6.45, 7) is 5.96. The number of thioether (sulfide) groups is 1. The fourth-order valence-corrected chi connectivity index (χ4v) is 3.30. The molecular weight excluding hydrogens is 320 g/mol. The van der Waals surface area contributed by atoms with Gasteiger partial charge >= 0.3 is 0 Å². The van der Waals surface area contributed by atoms with Gasteiger partial charge in [0.1, 0.15) is 0 Å². The molecule has 0 aromatic heterocycles. The van der Waals surface area contributed by atoms with Crippen LogP contribution >= 0.6 is 11.8 Å². The number of nitrogens with one attached hydrogen (secondary N) is 2. The largest absolute Gasteiger partial charge is 0.367 e. The number of unbranched alkanes of at least 4 members (excludes halogenated alkanes) is 3. The van der Waals surface area contributed by atoms with Crippen molar-refractivity contribution in [3.8, 4) is 0 Å². The highest BCUT2D eigenvalue weighted by molar-refractivity contribution is 7.98. The summed E-state index contributed by atoms with van der Waals surface area (Å²) >= 11 is 1.77. The number of carbonyl (C=O) groups excluding carboxylic acids is 1. The van der Waals surface area contributed by atoms with Crippen LogP contribution in [0, 0.1) is 0 Å². The summed E-state index contributed by atoms with van der Waals surface area (Å²) in [5.74, 6) is 1.73. The lowest BCUT2D eigenvalue weighted by Crippen LogP contribution is -2.46. The summed E-state index contributed by atoms with van der Waals surface area (Å²) in [7, 11) is 0. The van der Waals surface area contributed by atoms with Crippen LogP contribution in [0.3, 0.4) is 0 Å². The second kappa shape index (κ2) is 14.3. The van der Waals surface area contributed by atoms with Gasteiger partial charge in [-0.2, -0.15) is 11.8 Å². The van der Waals surface area contributed by atoms with E-state index < -0.39 is 0 Å². The van der Waals surface area contributed by atoms with Crippen LogP contribution in [0.4, 0.5) is 0 Å². The average Bonchev–Trinajstić information content (AvgIpc) is 2.61. The van der Waals surface area contributed by atoms with E-state index >= 15 is 0 Å². The van der Waals surface area contributed by atoms with E-state index in [0.717, 1.165) is 24.5 Å². The molecular formula is C19H32N2O2S. The van der Waals surface area contributed by atoms with Gasteiger partial charge in [-0.3, -0.25) is 10.1 Å². The fourth-order valence-electron chi connectivity index (χ4n) is 2.24. The van der Waals surface area contributed by atoms with Crippen LogP contribution in [0.1, 0.15) is 45.1 Å². The smallest absolute Gasteiger partial charge is 0.238 e. The van der Waals surface area contributed by atoms with Crippen LogP contribution in [-0.4, -0.2) is 37.6 Å². The summed E-state index contributed by atoms with van der Waals surface area (Å²) in [6.07, 6.45) is 4.67. The van der Waals surface area contributed by atoms with Gasteiger partial charge in [0.2, 0.25) is 5.91 Å². The predicted octanol–water partition coefficient (Wildman–Crippen LogP) is 3.57. The third kappa shape index (κ3) is 9.96. The molecule has 1 aromatic carbocycles. The number of hydrogen-bond donors (Lipinski definition) is 2. The Labute approximate surface area is 151 Å². The second-order valence-electron chi connectivity index (χ2n) is 5.75. The molecule has 1 atom stereocenters. The van der Waals surface area contributed by atoms with Crippen LogP contribution in [0.25, 0.3) is 0 Å². The van der Waals surface area contributed by atoms with Crippen molar-refractivity contribution in [2.75, 3.05) is 25.6 Å². The van der Waals surface area contributed by atoms with Gasteiger partial charge in [0.15, 0.2) is 0 Å². The van der Waals surface area contributed by atoms with Crippen LogP contribution < -0.4 is 10.6 Å². The Kier molecular flexibility index (Phi) is 12.5. The van der Waals surface area contributed by atoms with Gasteiger partial charge < -0.3 is 10.1 Å². The molecule has 0 saturated carbocycles. The minimum atomic E-state index is -0.212. The van der Waals surface area contributed by atoms with Gasteiger partial charge in [-0.15, -0.1) is 0 Å². The molecule has 24 heavy (non-hydrogen) atoms. The van der Waals surface area contributed by atoms with E-state index in [9.17, 15) is 4.79 Å². The molecule has 1 amide bonds. The van der Waals surface area contributed by atoms with Gasteiger partial charge in [-0.25, -0.2) is 0 Å². The first-order valence-corrected chi connectivity index (χ1v) is 10.1. The van der Waals surface area contributed by atoms with Crippen LogP contribution in [-0.2, 0) is 15.3 Å². The molecule has 0 aliphatic heterocycles. The molecule has 0 radical (unpaired) electrons. The standard InChI is InChI=1S/C19H32N2O2S/c1-3-5-6-10-13-20-19(22)18(21-16-23-4-2)15-24-14-17-11-8-7-9-12-17/h7-9,11-12,18,21H,3-6,10,13-16H2,1-2H3,(H,20,22). The lowest BCUT2D eigenvalue weighted by Gasteiger charge is -2.18. The minimum absolute atomic E-state index is 0.0757. The van der Waals surface area contributed by atoms with Crippen molar-refractivity contribution < 1.29 is 9.53 Å². The van der Waals surface area contributed by atoms with Crippen molar-refractivity contribution >= 4 is 17.7 Å². The maximum absolute atomic E-state index is 12.4. The van der Waals surface area contributed by atoms with E-state index in [0.29, 0.717) is 13.3 Å². The monoisotopic (exact) mass is 352 g/mol. The zero-order valence-electron chi connectivity index (χ0n) is 15.1. The van der Waals surface area contributed by atoms with Crippen LogP contribution in [0.15, 0.2) is 30.3 Å². The summed E-state index contributed by atoms with van der Waals surface area (Å²) in [6, 6.07) is 10.1. The van der Waals surface area contributed by atoms with Gasteiger partial charge in [-0.1, -0.05) is 56.5 Å². The quantitative estimate of drug-likeness (QED) is 0.397. The first-order chi connectivity index (χ1) is 11.8. The Morgan fingerprint density at radius 1 is 1.17 bits per heavy atom. The summed E-state index contributed by atoms with van der Waals surface area (Å²) < 4.78 is 5.34. The SMILES string of the molecule is CCCCCCNC(=O)C(CSCc1ccccc1)NCOCC. The first-order valence-electron chi connectivity index (χ1n) is 8.98. The number of ether oxygens (including phenoxy) is 1. The maximum Gasteiger partial charge on any atom is 0.238 e. The zero-order chi connectivity index (χ0) is 17.5. The van der Waals surface area contributed by atoms with Gasteiger partial charge in [-0.05, 0) is 18.9 Å². The molecule has 0 heterocycles. The zero-order valence-corrected chi connectivity index (χ0v) is 15.9. The third-order valence-corrected chi connectivity index (χ3v) is 4.78. The number of amides is 1. The third-order valence-electron chi connectivity index (χ3n) is 3.68. The molecule has 0 spiro atoms. The molecule has 0 aliphatic rings. The molecule has 136 valence electrons. The lowest BCUT2D eigenvalue weighted by molar-refractivity contribution is -0.123.